The molecule has 0 atom stereocenters. The number of hydrogen-bond donors (Lipinski definition) is 1. The molecule has 2 aliphatic rings. The molecule has 1 N–H and O–H groups in total. The first-order valence-electron chi connectivity index (χ1n) is 7.69. The first kappa shape index (κ1) is 25.3. The third-order valence-electron chi connectivity index (χ3n) is 4.58. The van der Waals surface area contributed by atoms with Crippen LogP contribution in [-0.4, -0.2) is 44.2 Å². The molecule has 2 saturated heterocycles. The van der Waals surface area contributed by atoms with Crippen LogP contribution in [0.2, 0.25) is 0 Å². The molecule has 0 spiro atoms. The molecule has 1 aromatic rings. The van der Waals surface area contributed by atoms with E-state index in [1.54, 1.807) is 0 Å². The van der Waals surface area contributed by atoms with Crippen molar-refractivity contribution in [2.45, 2.75) is 25.3 Å². The van der Waals surface area contributed by atoms with Crippen LogP contribution in [0.5, 0.6) is 0 Å². The Kier molecular flexibility index (Phi) is 13.4. The molecule has 128 valence electrons. The molecule has 24 heavy (non-hydrogen) atoms. The van der Waals surface area contributed by atoms with Gasteiger partial charge < -0.3 is 34.5 Å². The van der Waals surface area contributed by atoms with Gasteiger partial charge in [0, 0.05) is 82.6 Å². The molecule has 0 unspecified atom stereocenters. The fraction of sp³-hybridized carbons (Fsp3) is 0.556. The molecular formula is C18H25N2O2Pr2-3. The first-order valence-corrected chi connectivity index (χ1v) is 7.69. The minimum absolute atomic E-state index is 0. The Bertz CT molecular complexity index is 484. The van der Waals surface area contributed by atoms with Crippen molar-refractivity contribution in [3.05, 3.63) is 42.8 Å². The Morgan fingerprint density at radius 1 is 1.25 bits per heavy atom. The Balaban J connectivity index is 0.00000176. The zero-order chi connectivity index (χ0) is 14.7. The molecule has 0 bridgehead atoms. The Labute approximate surface area is 212 Å². The monoisotopic (exact) mass is 583 g/mol. The Hall–Kier alpha value is 1.34. The number of benzene rings is 1. The summed E-state index contributed by atoms with van der Waals surface area (Å²) in [5, 5.41) is 3.28. The summed E-state index contributed by atoms with van der Waals surface area (Å²) < 4.78 is 4.82. The van der Waals surface area contributed by atoms with E-state index in [2.05, 4.69) is 34.5 Å². The summed E-state index contributed by atoms with van der Waals surface area (Å²) in [6, 6.07) is 10.9. The van der Waals surface area contributed by atoms with E-state index in [0.29, 0.717) is 5.92 Å². The number of nitrogens with zero attached hydrogens (tertiary/aromatic N) is 1. The Morgan fingerprint density at radius 3 is 2.29 bits per heavy atom. The van der Waals surface area contributed by atoms with Crippen LogP contribution in [0.1, 0.15) is 29.9 Å². The normalized spacial score (nSPS) is 18.4. The summed E-state index contributed by atoms with van der Waals surface area (Å²) in [5.41, 5.74) is 2.45. The number of piperidine rings is 1. The molecule has 4 nitrogen and oxygen atoms in total. The van der Waals surface area contributed by atoms with Crippen LogP contribution in [0.3, 0.4) is 0 Å². The molecule has 2 aliphatic heterocycles. The molecule has 0 aliphatic carbocycles. The molecule has 2 heterocycles. The number of rotatable bonds is 4. The van der Waals surface area contributed by atoms with E-state index in [9.17, 15) is 4.79 Å². The summed E-state index contributed by atoms with van der Waals surface area (Å²) in [4.78, 5) is 13.9. The van der Waals surface area contributed by atoms with Gasteiger partial charge in [-0.05, 0) is 45.6 Å². The predicted octanol–water partition coefficient (Wildman–Crippen LogP) is 1.81. The number of esters is 1. The van der Waals surface area contributed by atoms with Gasteiger partial charge in [-0.15, -0.1) is 0 Å². The zero-order valence-electron chi connectivity index (χ0n) is 14.7. The number of hydrogen-bond acceptors (Lipinski definition) is 4. The summed E-state index contributed by atoms with van der Waals surface area (Å²) in [6.45, 7) is 4.90. The van der Waals surface area contributed by atoms with Gasteiger partial charge in [0.2, 0.25) is 0 Å². The van der Waals surface area contributed by atoms with Crippen molar-refractivity contribution in [1.82, 2.24) is 10.2 Å². The van der Waals surface area contributed by atoms with Crippen molar-refractivity contribution in [2.24, 2.45) is 5.92 Å². The van der Waals surface area contributed by atoms with Gasteiger partial charge in [-0.3, -0.25) is 28.1 Å². The quantitative estimate of drug-likeness (QED) is 0.434. The van der Waals surface area contributed by atoms with Crippen molar-refractivity contribution < 1.29 is 92.1 Å². The fourth-order valence-electron chi connectivity index (χ4n) is 2.99. The largest absolute Gasteiger partial charge is 0.469 e. The van der Waals surface area contributed by atoms with Crippen LogP contribution in [-0.2, 0) is 16.1 Å². The van der Waals surface area contributed by atoms with Crippen molar-refractivity contribution in [2.75, 3.05) is 33.3 Å². The molecule has 1 aromatic carbocycles. The van der Waals surface area contributed by atoms with Crippen molar-refractivity contribution in [1.29, 1.82) is 0 Å². The van der Waals surface area contributed by atoms with E-state index in [4.69, 9.17) is 4.74 Å². The number of nitrogens with one attached hydrogen (secondary N) is 1. The summed E-state index contributed by atoms with van der Waals surface area (Å²) in [5.74, 6) is 0.654. The predicted molar refractivity (Wildman–Crippen MR) is 86.2 cm³/mol. The van der Waals surface area contributed by atoms with Gasteiger partial charge in [0.05, 0.1) is 13.0 Å². The number of carbonyl (C=O) groups excluding carboxylic acids is 1. The average molecular weight is 583 g/mol. The van der Waals surface area contributed by atoms with E-state index < -0.39 is 0 Å². The van der Waals surface area contributed by atoms with Gasteiger partial charge in [0.1, 0.15) is 0 Å². The van der Waals surface area contributed by atoms with Gasteiger partial charge in [-0.25, -0.2) is 0 Å². The number of likely N-dealkylation sites (tertiary alicyclic amines) is 1. The van der Waals surface area contributed by atoms with Gasteiger partial charge in [0.15, 0.2) is 0 Å². The third kappa shape index (κ3) is 6.81. The summed E-state index contributed by atoms with van der Waals surface area (Å²) in [7, 11) is 1.47. The van der Waals surface area contributed by atoms with Gasteiger partial charge in [-0.2, -0.15) is 0 Å². The van der Waals surface area contributed by atoms with Crippen molar-refractivity contribution in [3.8, 4) is 0 Å². The van der Waals surface area contributed by atoms with Gasteiger partial charge >= 0.3 is 5.97 Å². The van der Waals surface area contributed by atoms with Crippen LogP contribution < -0.4 is 5.32 Å². The van der Waals surface area contributed by atoms with E-state index in [0.717, 1.165) is 51.1 Å². The maximum absolute atomic E-state index is 11.5. The maximum Gasteiger partial charge on any atom is 0.308 e. The molecule has 2 fully saturated rings. The third-order valence-corrected chi connectivity index (χ3v) is 4.58. The second-order valence-electron chi connectivity index (χ2n) is 5.98. The molecule has 0 aromatic heterocycles. The molecule has 6 heteroatoms. The van der Waals surface area contributed by atoms with Gasteiger partial charge in [0.25, 0.3) is 0 Å². The number of carbonyl (C=O) groups is 1. The van der Waals surface area contributed by atoms with Crippen LogP contribution in [0.4, 0.5) is 0 Å². The number of methoxy groups -OCH3 is 1. The number of ether oxygens (including phenoxy) is 1. The standard InChI is InChI=1S/C17H22N2O2.CH3.2Pr/c1-21-17(20)15-6-8-19(9-7-15)12-13-2-4-14(5-3-13)16-10-18-11-16;;;/h4-5,15-16,18H,6-12H2,1H3;1H3;;/q-2;-1;;. The topological polar surface area (TPSA) is 41.6 Å². The average Bonchev–Trinajstić information content (AvgIpc) is 2.47. The van der Waals surface area contributed by atoms with Crippen molar-refractivity contribution >= 4 is 5.97 Å². The van der Waals surface area contributed by atoms with Crippen molar-refractivity contribution in [3.63, 3.8) is 0 Å². The zero-order valence-corrected chi connectivity index (χ0v) is 22.1. The molecule has 3 rings (SSSR count). The van der Waals surface area contributed by atoms with E-state index >= 15 is 0 Å². The summed E-state index contributed by atoms with van der Waals surface area (Å²) in [6.07, 6.45) is 1.77. The van der Waals surface area contributed by atoms with E-state index in [1.807, 2.05) is 0 Å². The van der Waals surface area contributed by atoms with Gasteiger partial charge in [-0.1, -0.05) is 5.92 Å². The first-order chi connectivity index (χ1) is 10.3. The second kappa shape index (κ2) is 12.7. The second-order valence-corrected chi connectivity index (χ2v) is 5.98. The minimum Gasteiger partial charge on any atom is -0.469 e. The van der Waals surface area contributed by atoms with Crippen LogP contribution in [0.25, 0.3) is 0 Å². The van der Waals surface area contributed by atoms with Crippen LogP contribution >= 0.6 is 0 Å². The molecule has 2 radical (unpaired) electrons. The van der Waals surface area contributed by atoms with Crippen LogP contribution in [0, 0.1) is 108 Å². The molecular weight excluding hydrogens is 558 g/mol. The minimum atomic E-state index is -0.0637. The SMILES string of the molecule is COC(=O)C1CCN(Cc2[c-]cc(C3CNC3)c[c-]2)CC1.[CH3-].[Pr].[Pr]. The van der Waals surface area contributed by atoms with E-state index in [1.165, 1.54) is 12.7 Å². The smallest absolute Gasteiger partial charge is 0.308 e. The fourth-order valence-corrected chi connectivity index (χ4v) is 2.99. The summed E-state index contributed by atoms with van der Waals surface area (Å²) >= 11 is 0. The molecule has 0 saturated carbocycles. The van der Waals surface area contributed by atoms with E-state index in [-0.39, 0.29) is 102 Å². The molecule has 0 amide bonds. The van der Waals surface area contributed by atoms with Crippen LogP contribution in [0.15, 0.2) is 12.1 Å². The maximum atomic E-state index is 11.5. The Morgan fingerprint density at radius 2 is 1.83 bits per heavy atom.